The minimum absolute atomic E-state index is 0.0738. The lowest BCUT2D eigenvalue weighted by Crippen LogP contribution is -2.35. The molecule has 132 valence electrons. The van der Waals surface area contributed by atoms with Gasteiger partial charge < -0.3 is 19.1 Å². The summed E-state index contributed by atoms with van der Waals surface area (Å²) in [5.41, 5.74) is 2.51. The summed E-state index contributed by atoms with van der Waals surface area (Å²) in [6, 6.07) is 7.62. The molecule has 0 atom stereocenters. The van der Waals surface area contributed by atoms with Crippen LogP contribution in [0.1, 0.15) is 24.1 Å². The topological polar surface area (TPSA) is 84.8 Å². The van der Waals surface area contributed by atoms with Gasteiger partial charge in [0.2, 0.25) is 5.90 Å². The molecule has 1 aliphatic heterocycles. The zero-order chi connectivity index (χ0) is 17.8. The van der Waals surface area contributed by atoms with Crippen LogP contribution in [0.3, 0.4) is 0 Å². The molecule has 25 heavy (non-hydrogen) atoms. The van der Waals surface area contributed by atoms with Crippen LogP contribution in [-0.4, -0.2) is 52.3 Å². The molecule has 0 aromatic carbocycles. The quantitative estimate of drug-likeness (QED) is 0.577. The van der Waals surface area contributed by atoms with Gasteiger partial charge in [0.05, 0.1) is 18.0 Å². The molecule has 0 radical (unpaired) electrons. The van der Waals surface area contributed by atoms with Gasteiger partial charge in [0.1, 0.15) is 6.10 Å². The lowest BCUT2D eigenvalue weighted by atomic mass is 10.1. The van der Waals surface area contributed by atoms with Gasteiger partial charge >= 0.3 is 0 Å². The maximum Gasteiger partial charge on any atom is 0.206 e. The third-order valence-corrected chi connectivity index (χ3v) is 4.54. The molecular formula is C19H24N4O2. The highest BCUT2D eigenvalue weighted by atomic mass is 16.5. The molecule has 0 saturated carbocycles. The molecule has 3 N–H and O–H groups in total. The first-order chi connectivity index (χ1) is 12.1. The van der Waals surface area contributed by atoms with Gasteiger partial charge in [-0.1, -0.05) is 6.07 Å². The summed E-state index contributed by atoms with van der Waals surface area (Å²) in [6.45, 7) is 1.83. The van der Waals surface area contributed by atoms with Gasteiger partial charge in [-0.15, -0.1) is 0 Å². The van der Waals surface area contributed by atoms with Crippen LogP contribution in [0, 0.1) is 10.8 Å². The summed E-state index contributed by atoms with van der Waals surface area (Å²) in [5.74, 6) is 0.0747. The number of pyridine rings is 1. The van der Waals surface area contributed by atoms with Gasteiger partial charge in [-0.2, -0.15) is 0 Å². The van der Waals surface area contributed by atoms with Crippen LogP contribution in [0.15, 0.2) is 42.6 Å². The zero-order valence-electron chi connectivity index (χ0n) is 14.4. The molecule has 0 aliphatic carbocycles. The van der Waals surface area contributed by atoms with Crippen LogP contribution < -0.4 is 0 Å². The summed E-state index contributed by atoms with van der Waals surface area (Å²) in [4.78, 5) is 2.25. The molecule has 0 spiro atoms. The van der Waals surface area contributed by atoms with E-state index >= 15 is 0 Å². The monoisotopic (exact) mass is 340 g/mol. The Morgan fingerprint density at radius 3 is 2.76 bits per heavy atom. The Bertz CT molecular complexity index is 801. The van der Waals surface area contributed by atoms with E-state index in [9.17, 15) is 5.11 Å². The number of aliphatic hydroxyl groups is 1. The van der Waals surface area contributed by atoms with Crippen molar-refractivity contribution in [3.63, 3.8) is 0 Å². The minimum atomic E-state index is -0.128. The Kier molecular flexibility index (Phi) is 5.31. The minimum Gasteiger partial charge on any atom is -0.475 e. The van der Waals surface area contributed by atoms with Crippen molar-refractivity contribution in [2.24, 2.45) is 0 Å². The predicted octanol–water partition coefficient (Wildman–Crippen LogP) is 2.44. The van der Waals surface area contributed by atoms with Crippen molar-refractivity contribution in [3.8, 4) is 0 Å². The van der Waals surface area contributed by atoms with E-state index in [4.69, 9.17) is 15.6 Å². The number of ether oxygens (including phenoxy) is 1. The van der Waals surface area contributed by atoms with Crippen molar-refractivity contribution in [1.29, 1.82) is 10.8 Å². The third-order valence-electron chi connectivity index (χ3n) is 4.54. The lowest BCUT2D eigenvalue weighted by Gasteiger charge is -2.28. The first-order valence-electron chi connectivity index (χ1n) is 8.49. The second-order valence-electron chi connectivity index (χ2n) is 6.40. The summed E-state index contributed by atoms with van der Waals surface area (Å²) in [7, 11) is 2.09. The van der Waals surface area contributed by atoms with Gasteiger partial charge in [0.15, 0.2) is 0 Å². The number of nitrogens with one attached hydrogen (secondary N) is 2. The van der Waals surface area contributed by atoms with Crippen molar-refractivity contribution >= 4 is 17.1 Å². The van der Waals surface area contributed by atoms with Crippen molar-refractivity contribution in [3.05, 3.63) is 53.9 Å². The van der Waals surface area contributed by atoms with Crippen LogP contribution in [0.5, 0.6) is 0 Å². The largest absolute Gasteiger partial charge is 0.475 e. The molecule has 0 amide bonds. The van der Waals surface area contributed by atoms with Crippen LogP contribution in [0.4, 0.5) is 0 Å². The second kappa shape index (κ2) is 7.63. The van der Waals surface area contributed by atoms with Gasteiger partial charge in [-0.05, 0) is 44.2 Å². The van der Waals surface area contributed by atoms with Crippen LogP contribution >= 0.6 is 0 Å². The molecule has 6 heteroatoms. The summed E-state index contributed by atoms with van der Waals surface area (Å²) >= 11 is 0. The molecule has 2 aromatic heterocycles. The van der Waals surface area contributed by atoms with E-state index in [-0.39, 0.29) is 24.3 Å². The van der Waals surface area contributed by atoms with Crippen LogP contribution in [0.25, 0.3) is 5.52 Å². The van der Waals surface area contributed by atoms with Gasteiger partial charge in [-0.3, -0.25) is 10.8 Å². The third kappa shape index (κ3) is 3.97. The second-order valence-corrected chi connectivity index (χ2v) is 6.40. The molecule has 1 saturated heterocycles. The first kappa shape index (κ1) is 17.4. The highest BCUT2D eigenvalue weighted by Crippen LogP contribution is 2.18. The highest BCUT2D eigenvalue weighted by molar-refractivity contribution is 6.09. The number of piperidine rings is 1. The van der Waals surface area contributed by atoms with E-state index in [0.29, 0.717) is 11.3 Å². The number of fused-ring (bicyclic) bond motifs is 1. The van der Waals surface area contributed by atoms with Crippen molar-refractivity contribution < 1.29 is 9.84 Å². The highest BCUT2D eigenvalue weighted by Gasteiger charge is 2.18. The molecule has 1 fully saturated rings. The Labute approximate surface area is 147 Å². The summed E-state index contributed by atoms with van der Waals surface area (Å²) in [5, 5.41) is 25.9. The van der Waals surface area contributed by atoms with Gasteiger partial charge in [-0.25, -0.2) is 0 Å². The first-order valence-corrected chi connectivity index (χ1v) is 8.49. The average molecular weight is 340 g/mol. The Morgan fingerprint density at radius 2 is 2.04 bits per heavy atom. The van der Waals surface area contributed by atoms with Crippen molar-refractivity contribution in [1.82, 2.24) is 9.30 Å². The summed E-state index contributed by atoms with van der Waals surface area (Å²) < 4.78 is 7.54. The van der Waals surface area contributed by atoms with E-state index in [2.05, 4.69) is 11.9 Å². The fourth-order valence-corrected chi connectivity index (χ4v) is 3.16. The molecule has 3 heterocycles. The molecule has 0 unspecified atom stereocenters. The SMILES string of the molecule is CN1CCC(OC(=N)/C=C\C(=N)c2c(CO)cc3ccccn23)CC1. The van der Waals surface area contributed by atoms with E-state index in [1.807, 2.05) is 34.9 Å². The molecule has 2 aromatic rings. The van der Waals surface area contributed by atoms with E-state index in [1.165, 1.54) is 6.08 Å². The maximum atomic E-state index is 9.58. The predicted molar refractivity (Wildman–Crippen MR) is 98.6 cm³/mol. The standard InChI is InChI=1S/C19H24N4O2/c1-22-10-7-16(8-11-22)25-18(21)6-5-17(20)19-14(13-24)12-15-4-2-3-9-23(15)19/h2-6,9,12,16,20-21,24H,7-8,10-11,13H2,1H3/b6-5-,20-17?,21-18?. The van der Waals surface area contributed by atoms with Crippen molar-refractivity contribution in [2.75, 3.05) is 20.1 Å². The number of hydrogen-bond acceptors (Lipinski definition) is 5. The van der Waals surface area contributed by atoms with Crippen molar-refractivity contribution in [2.45, 2.75) is 25.6 Å². The van der Waals surface area contributed by atoms with Gasteiger partial charge in [0.25, 0.3) is 0 Å². The molecule has 0 bridgehead atoms. The Hall–Kier alpha value is -2.44. The van der Waals surface area contributed by atoms with Gasteiger partial charge in [0, 0.05) is 36.4 Å². The fraction of sp³-hybridized carbons (Fsp3) is 0.368. The Morgan fingerprint density at radius 1 is 1.28 bits per heavy atom. The number of nitrogens with zero attached hydrogens (tertiary/aromatic N) is 2. The summed E-state index contributed by atoms with van der Waals surface area (Å²) in [6.07, 6.45) is 6.86. The average Bonchev–Trinajstić information content (AvgIpc) is 3.00. The number of aliphatic hydroxyl groups excluding tert-OH is 1. The molecule has 3 rings (SSSR count). The zero-order valence-corrected chi connectivity index (χ0v) is 14.4. The number of rotatable bonds is 5. The van der Waals surface area contributed by atoms with E-state index in [1.54, 1.807) is 6.08 Å². The van der Waals surface area contributed by atoms with E-state index < -0.39 is 0 Å². The van der Waals surface area contributed by atoms with E-state index in [0.717, 1.165) is 31.4 Å². The number of allylic oxidation sites excluding steroid dienone is 1. The Balaban J connectivity index is 1.69. The normalized spacial score (nSPS) is 16.6. The number of hydrogen-bond donors (Lipinski definition) is 3. The molecule has 1 aliphatic rings. The molecule has 6 nitrogen and oxygen atoms in total. The fourth-order valence-electron chi connectivity index (χ4n) is 3.16. The van der Waals surface area contributed by atoms with Crippen LogP contribution in [-0.2, 0) is 11.3 Å². The van der Waals surface area contributed by atoms with Crippen LogP contribution in [0.2, 0.25) is 0 Å². The number of likely N-dealkylation sites (tertiary alicyclic amines) is 1. The molecular weight excluding hydrogens is 316 g/mol. The lowest BCUT2D eigenvalue weighted by molar-refractivity contribution is 0.105. The smallest absolute Gasteiger partial charge is 0.206 e. The number of aromatic nitrogens is 1. The maximum absolute atomic E-state index is 9.58.